The molecule has 138 valence electrons. The number of rotatable bonds is 5. The number of benzene rings is 3. The first-order valence-electron chi connectivity index (χ1n) is 9.09. The highest BCUT2D eigenvalue weighted by atomic mass is 16.6. The van der Waals surface area contributed by atoms with Crippen molar-refractivity contribution in [2.75, 3.05) is 0 Å². The van der Waals surface area contributed by atoms with Gasteiger partial charge < -0.3 is 9.47 Å². The Morgan fingerprint density at radius 2 is 1.54 bits per heavy atom. The van der Waals surface area contributed by atoms with Gasteiger partial charge in [0.05, 0.1) is 0 Å². The molecule has 1 heterocycles. The minimum atomic E-state index is -0.447. The Morgan fingerprint density at radius 1 is 0.893 bits per heavy atom. The Morgan fingerprint density at radius 3 is 2.21 bits per heavy atom. The Hall–Kier alpha value is -3.66. The van der Waals surface area contributed by atoms with Crippen LogP contribution in [0.1, 0.15) is 29.7 Å². The van der Waals surface area contributed by atoms with Crippen LogP contribution in [0.5, 0.6) is 5.75 Å². The smallest absolute Gasteiger partial charge is 0.363 e. The van der Waals surface area contributed by atoms with Gasteiger partial charge in [0.15, 0.2) is 5.70 Å². The van der Waals surface area contributed by atoms with Crippen LogP contribution in [0, 0.1) is 0 Å². The van der Waals surface area contributed by atoms with Gasteiger partial charge in [0.2, 0.25) is 5.90 Å². The van der Waals surface area contributed by atoms with E-state index in [1.165, 1.54) is 0 Å². The number of ether oxygens (including phenoxy) is 2. The quantitative estimate of drug-likeness (QED) is 0.460. The summed E-state index contributed by atoms with van der Waals surface area (Å²) in [4.78, 5) is 16.4. The van der Waals surface area contributed by atoms with Gasteiger partial charge in [-0.05, 0) is 48.4 Å². The number of aliphatic imine (C=N–C) groups is 1. The standard InChI is InChI=1S/C24H19NO3/c1-17(19-8-4-2-5-9-19)27-21-14-12-18(13-15-21)16-22-24(26)28-23(25-22)20-10-6-3-7-11-20/h2-17H,1H3/b22-16-/t17-/m0/s1. The van der Waals surface area contributed by atoms with Crippen molar-refractivity contribution in [3.05, 3.63) is 107 Å². The molecule has 4 nitrogen and oxygen atoms in total. The normalized spacial score (nSPS) is 15.8. The van der Waals surface area contributed by atoms with Crippen LogP contribution in [-0.2, 0) is 9.53 Å². The van der Waals surface area contributed by atoms with Gasteiger partial charge in [-0.15, -0.1) is 0 Å². The van der Waals surface area contributed by atoms with Crippen LogP contribution in [0.3, 0.4) is 0 Å². The van der Waals surface area contributed by atoms with E-state index in [0.29, 0.717) is 5.90 Å². The summed E-state index contributed by atoms with van der Waals surface area (Å²) in [7, 11) is 0. The van der Waals surface area contributed by atoms with Crippen LogP contribution in [-0.4, -0.2) is 11.9 Å². The summed E-state index contributed by atoms with van der Waals surface area (Å²) >= 11 is 0. The Bertz CT molecular complexity index is 1020. The first-order chi connectivity index (χ1) is 13.7. The lowest BCUT2D eigenvalue weighted by molar-refractivity contribution is -0.129. The summed E-state index contributed by atoms with van der Waals surface area (Å²) in [5.41, 5.74) is 3.03. The number of hydrogen-bond donors (Lipinski definition) is 0. The highest BCUT2D eigenvalue weighted by Crippen LogP contribution is 2.24. The second-order valence-corrected chi connectivity index (χ2v) is 6.44. The van der Waals surface area contributed by atoms with Crippen LogP contribution >= 0.6 is 0 Å². The SMILES string of the molecule is C[C@H](Oc1ccc(/C=C2\N=C(c3ccccc3)OC2=O)cc1)c1ccccc1. The molecule has 1 aliphatic heterocycles. The Labute approximate surface area is 163 Å². The van der Waals surface area contributed by atoms with E-state index in [1.807, 2.05) is 91.9 Å². The largest absolute Gasteiger partial charge is 0.486 e. The van der Waals surface area contributed by atoms with E-state index in [4.69, 9.17) is 9.47 Å². The van der Waals surface area contributed by atoms with Crippen molar-refractivity contribution in [1.82, 2.24) is 0 Å². The van der Waals surface area contributed by atoms with E-state index in [1.54, 1.807) is 6.08 Å². The molecular formula is C24H19NO3. The minimum absolute atomic E-state index is 0.0479. The summed E-state index contributed by atoms with van der Waals surface area (Å²) in [5, 5.41) is 0. The fraction of sp³-hybridized carbons (Fsp3) is 0.0833. The number of nitrogens with zero attached hydrogens (tertiary/aromatic N) is 1. The molecule has 0 aliphatic carbocycles. The highest BCUT2D eigenvalue weighted by molar-refractivity contribution is 6.12. The number of cyclic esters (lactones) is 1. The molecule has 0 bridgehead atoms. The fourth-order valence-corrected chi connectivity index (χ4v) is 2.91. The highest BCUT2D eigenvalue weighted by Gasteiger charge is 2.23. The van der Waals surface area contributed by atoms with Gasteiger partial charge >= 0.3 is 5.97 Å². The summed E-state index contributed by atoms with van der Waals surface area (Å²) < 4.78 is 11.3. The van der Waals surface area contributed by atoms with E-state index in [9.17, 15) is 4.79 Å². The molecule has 28 heavy (non-hydrogen) atoms. The zero-order chi connectivity index (χ0) is 19.3. The second-order valence-electron chi connectivity index (χ2n) is 6.44. The zero-order valence-corrected chi connectivity index (χ0v) is 15.4. The van der Waals surface area contributed by atoms with Crippen molar-refractivity contribution in [1.29, 1.82) is 0 Å². The van der Waals surface area contributed by atoms with E-state index < -0.39 is 5.97 Å². The van der Waals surface area contributed by atoms with Gasteiger partial charge in [-0.1, -0.05) is 60.7 Å². The molecule has 0 saturated carbocycles. The van der Waals surface area contributed by atoms with E-state index in [-0.39, 0.29) is 11.8 Å². The van der Waals surface area contributed by atoms with Crippen LogP contribution in [0.4, 0.5) is 0 Å². The average Bonchev–Trinajstić information content (AvgIpc) is 3.11. The first kappa shape index (κ1) is 17.7. The lowest BCUT2D eigenvalue weighted by Gasteiger charge is -2.15. The molecule has 0 unspecified atom stereocenters. The number of hydrogen-bond acceptors (Lipinski definition) is 4. The minimum Gasteiger partial charge on any atom is -0.486 e. The van der Waals surface area contributed by atoms with E-state index in [2.05, 4.69) is 4.99 Å². The molecule has 3 aromatic rings. The molecule has 1 atom stereocenters. The molecule has 1 aliphatic rings. The Balaban J connectivity index is 1.48. The van der Waals surface area contributed by atoms with Crippen molar-refractivity contribution in [3.8, 4) is 5.75 Å². The molecule has 0 amide bonds. The number of carbonyl (C=O) groups excluding carboxylic acids is 1. The fourth-order valence-electron chi connectivity index (χ4n) is 2.91. The van der Waals surface area contributed by atoms with Crippen molar-refractivity contribution in [2.24, 2.45) is 4.99 Å². The van der Waals surface area contributed by atoms with E-state index >= 15 is 0 Å². The molecule has 0 aromatic heterocycles. The van der Waals surface area contributed by atoms with Crippen LogP contribution in [0.25, 0.3) is 6.08 Å². The molecule has 0 radical (unpaired) electrons. The van der Waals surface area contributed by atoms with Gasteiger partial charge in [-0.3, -0.25) is 0 Å². The predicted molar refractivity (Wildman–Crippen MR) is 109 cm³/mol. The molecule has 0 N–H and O–H groups in total. The molecule has 0 spiro atoms. The molecule has 4 rings (SSSR count). The monoisotopic (exact) mass is 369 g/mol. The molecule has 4 heteroatoms. The lowest BCUT2D eigenvalue weighted by atomic mass is 10.1. The molecule has 0 saturated heterocycles. The van der Waals surface area contributed by atoms with Crippen LogP contribution in [0.2, 0.25) is 0 Å². The predicted octanol–water partition coefficient (Wildman–Crippen LogP) is 5.17. The summed E-state index contributed by atoms with van der Waals surface area (Å²) in [5.74, 6) is 0.645. The van der Waals surface area contributed by atoms with Gasteiger partial charge in [-0.25, -0.2) is 9.79 Å². The molecule has 0 fully saturated rings. The number of esters is 1. The second kappa shape index (κ2) is 7.92. The third-order valence-corrected chi connectivity index (χ3v) is 4.41. The number of carbonyl (C=O) groups is 1. The Kier molecular flexibility index (Phi) is 5.02. The topological polar surface area (TPSA) is 47.9 Å². The van der Waals surface area contributed by atoms with Crippen LogP contribution < -0.4 is 4.74 Å². The van der Waals surface area contributed by atoms with Gasteiger partial charge in [-0.2, -0.15) is 0 Å². The third-order valence-electron chi connectivity index (χ3n) is 4.41. The maximum absolute atomic E-state index is 12.1. The zero-order valence-electron chi connectivity index (χ0n) is 15.4. The van der Waals surface area contributed by atoms with Gasteiger partial charge in [0.25, 0.3) is 0 Å². The summed E-state index contributed by atoms with van der Waals surface area (Å²) in [6.45, 7) is 2.01. The van der Waals surface area contributed by atoms with Crippen LogP contribution in [0.15, 0.2) is 95.6 Å². The maximum Gasteiger partial charge on any atom is 0.363 e. The van der Waals surface area contributed by atoms with Crippen molar-refractivity contribution >= 4 is 17.9 Å². The van der Waals surface area contributed by atoms with Gasteiger partial charge in [0.1, 0.15) is 11.9 Å². The summed E-state index contributed by atoms with van der Waals surface area (Å²) in [6, 6.07) is 27.0. The average molecular weight is 369 g/mol. The van der Waals surface area contributed by atoms with Gasteiger partial charge in [0, 0.05) is 5.56 Å². The molecule has 3 aromatic carbocycles. The maximum atomic E-state index is 12.1. The van der Waals surface area contributed by atoms with Crippen molar-refractivity contribution in [2.45, 2.75) is 13.0 Å². The van der Waals surface area contributed by atoms with Crippen molar-refractivity contribution < 1.29 is 14.3 Å². The molecular weight excluding hydrogens is 350 g/mol. The first-order valence-corrected chi connectivity index (χ1v) is 9.09. The van der Waals surface area contributed by atoms with Crippen molar-refractivity contribution in [3.63, 3.8) is 0 Å². The third kappa shape index (κ3) is 4.01. The lowest BCUT2D eigenvalue weighted by Crippen LogP contribution is -2.04. The summed E-state index contributed by atoms with van der Waals surface area (Å²) in [6.07, 6.45) is 1.66. The van der Waals surface area contributed by atoms with E-state index in [0.717, 1.165) is 22.4 Å².